The number of methoxy groups -OCH3 is 2. The number of hydrogen-bond acceptors (Lipinski definition) is 9. The van der Waals surface area contributed by atoms with Crippen LogP contribution in [-0.4, -0.2) is 82.1 Å². The van der Waals surface area contributed by atoms with Gasteiger partial charge in [0, 0.05) is 48.7 Å². The fourth-order valence-electron chi connectivity index (χ4n) is 6.87. The number of aryl methyl sites for hydroxylation is 1. The summed E-state index contributed by atoms with van der Waals surface area (Å²) in [4.78, 5) is 5.44. The Bertz CT molecular complexity index is 2230. The molecule has 4 aromatic carbocycles. The number of rotatable bonds is 8. The van der Waals surface area contributed by atoms with Crippen molar-refractivity contribution in [3.63, 3.8) is 0 Å². The van der Waals surface area contributed by atoms with Crippen LogP contribution in [0.5, 0.6) is 34.5 Å². The molecule has 13 heteroatoms. The Hall–Kier alpha value is -5.24. The van der Waals surface area contributed by atoms with Gasteiger partial charge in [0.05, 0.1) is 19.1 Å². The number of benzene rings is 4. The molecule has 1 aromatic heterocycles. The summed E-state index contributed by atoms with van der Waals surface area (Å²) in [6.45, 7) is 5.24. The summed E-state index contributed by atoms with van der Waals surface area (Å²) in [6, 6.07) is 20.7. The second kappa shape index (κ2) is 15.4. The van der Waals surface area contributed by atoms with Gasteiger partial charge >= 0.3 is 0 Å². The van der Waals surface area contributed by atoms with Gasteiger partial charge in [-0.15, -0.1) is 0 Å². The van der Waals surface area contributed by atoms with E-state index >= 15 is 0 Å². The highest BCUT2D eigenvalue weighted by Crippen LogP contribution is 2.42. The molecule has 2 N–H and O–H groups in total. The normalized spacial score (nSPS) is 18.1. The maximum absolute atomic E-state index is 13.4. The lowest BCUT2D eigenvalue weighted by Crippen LogP contribution is -2.42. The minimum absolute atomic E-state index is 0.0372. The zero-order valence-electron chi connectivity index (χ0n) is 29.6. The first-order valence-corrected chi connectivity index (χ1v) is 18.7. The summed E-state index contributed by atoms with van der Waals surface area (Å²) < 4.78 is 80.3. The predicted molar refractivity (Wildman–Crippen MR) is 198 cm³/mol. The van der Waals surface area contributed by atoms with Crippen molar-refractivity contribution in [1.29, 1.82) is 0 Å². The van der Waals surface area contributed by atoms with Gasteiger partial charge in [-0.05, 0) is 73.0 Å². The van der Waals surface area contributed by atoms with Gasteiger partial charge in [-0.25, -0.2) is 4.39 Å². The first-order valence-electron chi connectivity index (χ1n) is 17.3. The van der Waals surface area contributed by atoms with Gasteiger partial charge in [0.25, 0.3) is 10.1 Å². The highest BCUT2D eigenvalue weighted by Gasteiger charge is 2.28. The third-order valence-electron chi connectivity index (χ3n) is 9.43. The molecule has 0 amide bonds. The number of nitrogens with one attached hydrogen (secondary N) is 1. The number of ether oxygens (including phenoxy) is 6. The first-order chi connectivity index (χ1) is 25.6. The number of aromatic amines is 1. The van der Waals surface area contributed by atoms with E-state index in [1.165, 1.54) is 17.7 Å². The highest BCUT2D eigenvalue weighted by molar-refractivity contribution is 7.85. The van der Waals surface area contributed by atoms with Crippen LogP contribution in [-0.2, 0) is 16.5 Å². The van der Waals surface area contributed by atoms with E-state index in [2.05, 4.69) is 16.0 Å². The molecule has 278 valence electrons. The molecule has 1 unspecified atom stereocenters. The van der Waals surface area contributed by atoms with Crippen LogP contribution in [0.2, 0.25) is 0 Å². The van der Waals surface area contributed by atoms with E-state index in [9.17, 15) is 17.4 Å². The van der Waals surface area contributed by atoms with E-state index in [0.717, 1.165) is 53.8 Å². The largest absolute Gasteiger partial charge is 0.493 e. The molecule has 0 aliphatic carbocycles. The van der Waals surface area contributed by atoms with Crippen LogP contribution < -0.4 is 28.4 Å². The molecule has 4 heterocycles. The second-order valence-electron chi connectivity index (χ2n) is 13.1. The molecule has 8 rings (SSSR count). The molecule has 0 saturated heterocycles. The molecule has 0 fully saturated rings. The van der Waals surface area contributed by atoms with E-state index in [1.54, 1.807) is 50.6 Å². The van der Waals surface area contributed by atoms with Crippen molar-refractivity contribution in [2.24, 2.45) is 0 Å². The van der Waals surface area contributed by atoms with Crippen LogP contribution in [0, 0.1) is 12.7 Å². The Morgan fingerprint density at radius 3 is 2.23 bits per heavy atom. The molecule has 3 aliphatic heterocycles. The van der Waals surface area contributed by atoms with Crippen LogP contribution in [0.3, 0.4) is 0 Å². The van der Waals surface area contributed by atoms with E-state index in [0.29, 0.717) is 40.9 Å². The molecule has 11 nitrogen and oxygen atoms in total. The van der Waals surface area contributed by atoms with Crippen LogP contribution in [0.25, 0.3) is 16.5 Å². The van der Waals surface area contributed by atoms with Crippen LogP contribution in [0.15, 0.2) is 90.0 Å². The van der Waals surface area contributed by atoms with Gasteiger partial charge in [0.15, 0.2) is 23.0 Å². The maximum atomic E-state index is 13.4. The second-order valence-corrected chi connectivity index (χ2v) is 14.5. The van der Waals surface area contributed by atoms with Crippen molar-refractivity contribution in [3.8, 4) is 34.5 Å². The van der Waals surface area contributed by atoms with Gasteiger partial charge in [0.1, 0.15) is 31.2 Å². The topological polar surface area (TPSA) is 129 Å². The monoisotopic (exact) mass is 744 g/mol. The van der Waals surface area contributed by atoms with Gasteiger partial charge in [0.2, 0.25) is 11.5 Å². The Morgan fingerprint density at radius 2 is 1.58 bits per heavy atom. The Kier molecular flexibility index (Phi) is 10.5. The zero-order valence-corrected chi connectivity index (χ0v) is 30.5. The fourth-order valence-corrected chi connectivity index (χ4v) is 7.58. The lowest BCUT2D eigenvalue weighted by molar-refractivity contribution is 0.0586. The number of nitrogens with zero attached hydrogens (tertiary/aromatic N) is 1. The number of halogens is 1. The van der Waals surface area contributed by atoms with Crippen molar-refractivity contribution in [2.45, 2.75) is 36.9 Å². The van der Waals surface area contributed by atoms with Crippen molar-refractivity contribution in [1.82, 2.24) is 9.88 Å². The van der Waals surface area contributed by atoms with E-state index in [-0.39, 0.29) is 29.8 Å². The number of aromatic nitrogens is 1. The Morgan fingerprint density at radius 1 is 0.906 bits per heavy atom. The number of hydrogen-bond donors (Lipinski definition) is 2. The molecule has 3 aliphatic rings. The molecule has 0 radical (unpaired) electrons. The summed E-state index contributed by atoms with van der Waals surface area (Å²) in [7, 11) is -1.12. The van der Waals surface area contributed by atoms with E-state index in [1.807, 2.05) is 37.4 Å². The van der Waals surface area contributed by atoms with Gasteiger partial charge in [-0.3, -0.25) is 9.45 Å². The Balaban J connectivity index is 0.000000168. The van der Waals surface area contributed by atoms with Gasteiger partial charge in [-0.2, -0.15) is 8.42 Å². The predicted octanol–water partition coefficient (Wildman–Crippen LogP) is 6.88. The SMILES string of the molecule is COc1cccc2c1OC(CN1CC=C(c3c[nH]c4cc(F)ccc34)CC1)CO2.COc1cccc2c1O[C@H](Cc1cc(C)ccc1S(=O)(=O)O)CO2. The van der Waals surface area contributed by atoms with E-state index < -0.39 is 16.2 Å². The molecule has 53 heavy (non-hydrogen) atoms. The van der Waals surface area contributed by atoms with Crippen LogP contribution >= 0.6 is 0 Å². The fraction of sp³-hybridized carbons (Fsp3) is 0.300. The van der Waals surface area contributed by atoms with Crippen molar-refractivity contribution in [2.75, 3.05) is 47.1 Å². The lowest BCUT2D eigenvalue weighted by Gasteiger charge is -2.33. The van der Waals surface area contributed by atoms with Crippen molar-refractivity contribution >= 4 is 26.6 Å². The average Bonchev–Trinajstić information content (AvgIpc) is 3.57. The van der Waals surface area contributed by atoms with Crippen molar-refractivity contribution < 1.29 is 45.8 Å². The zero-order chi connectivity index (χ0) is 37.1. The third-order valence-corrected chi connectivity index (χ3v) is 10.4. The number of para-hydroxylation sites is 2. The summed E-state index contributed by atoms with van der Waals surface area (Å²) in [5.74, 6) is 3.53. The minimum Gasteiger partial charge on any atom is -0.493 e. The van der Waals surface area contributed by atoms with Gasteiger partial charge in [-0.1, -0.05) is 35.9 Å². The molecular formula is C40H41FN2O9S. The first kappa shape index (κ1) is 36.1. The summed E-state index contributed by atoms with van der Waals surface area (Å²) in [5, 5.41) is 1.07. The summed E-state index contributed by atoms with van der Waals surface area (Å²) in [5.41, 5.74) is 4.68. The highest BCUT2D eigenvalue weighted by atomic mass is 32.2. The number of fused-ring (bicyclic) bond motifs is 3. The third kappa shape index (κ3) is 8.07. The average molecular weight is 745 g/mol. The molecule has 0 bridgehead atoms. The quantitative estimate of drug-likeness (QED) is 0.162. The van der Waals surface area contributed by atoms with Crippen LogP contribution in [0.4, 0.5) is 4.39 Å². The summed E-state index contributed by atoms with van der Waals surface area (Å²) >= 11 is 0. The standard InChI is InChI=1S/C23H23FN2O3.C17H18O6S/c1-27-21-3-2-4-22-23(21)29-17(14-28-22)13-26-9-7-15(8-10-26)19-12-25-20-11-16(24)5-6-18(19)20;1-11-6-7-16(24(18,19)20)12(8-11)9-13-10-22-15-5-3-4-14(21-2)17(15)23-13/h2-7,11-12,17,25H,8-10,13-14H2,1H3;3-8,13H,9-10H2,1-2H3,(H,18,19,20)/t;13-/m.1/s1. The molecule has 0 spiro atoms. The molecule has 2 atom stereocenters. The molecule has 0 saturated carbocycles. The smallest absolute Gasteiger partial charge is 0.294 e. The Labute approximate surface area is 307 Å². The van der Waals surface area contributed by atoms with Crippen LogP contribution in [0.1, 0.15) is 23.1 Å². The molecule has 5 aromatic rings. The molecular weight excluding hydrogens is 704 g/mol. The number of H-pyrrole nitrogens is 1. The van der Waals surface area contributed by atoms with Gasteiger partial charge < -0.3 is 33.4 Å². The van der Waals surface area contributed by atoms with Crippen molar-refractivity contribution in [3.05, 3.63) is 108 Å². The van der Waals surface area contributed by atoms with E-state index in [4.69, 9.17) is 28.4 Å². The lowest BCUT2D eigenvalue weighted by atomic mass is 9.98. The minimum atomic E-state index is -4.30. The maximum Gasteiger partial charge on any atom is 0.294 e. The summed E-state index contributed by atoms with van der Waals surface area (Å²) in [6.07, 6.45) is 5.04.